The molecule has 3 aromatic rings. The van der Waals surface area contributed by atoms with E-state index >= 15 is 0 Å². The SMILES string of the molecule is C(=N\n1cnnc1)/c1ccc2ccccc2c1. The predicted octanol–water partition coefficient (Wildman–Crippen LogP) is 2.31. The minimum atomic E-state index is 1.05. The van der Waals surface area contributed by atoms with Gasteiger partial charge < -0.3 is 0 Å². The Labute approximate surface area is 98.2 Å². The van der Waals surface area contributed by atoms with Gasteiger partial charge in [0.05, 0.1) is 6.21 Å². The van der Waals surface area contributed by atoms with E-state index < -0.39 is 0 Å². The third-order valence-corrected chi connectivity index (χ3v) is 2.52. The van der Waals surface area contributed by atoms with Crippen molar-refractivity contribution >= 4 is 17.0 Å². The van der Waals surface area contributed by atoms with Crippen molar-refractivity contribution in [1.82, 2.24) is 14.9 Å². The molecule has 1 aromatic heterocycles. The highest BCUT2D eigenvalue weighted by molar-refractivity contribution is 5.90. The van der Waals surface area contributed by atoms with E-state index in [2.05, 4.69) is 39.6 Å². The summed E-state index contributed by atoms with van der Waals surface area (Å²) >= 11 is 0. The first-order valence-electron chi connectivity index (χ1n) is 5.30. The molecule has 4 heteroatoms. The smallest absolute Gasteiger partial charge is 0.141 e. The summed E-state index contributed by atoms with van der Waals surface area (Å²) in [4.78, 5) is 0. The lowest BCUT2D eigenvalue weighted by molar-refractivity contribution is 0.878. The van der Waals surface area contributed by atoms with Gasteiger partial charge in [-0.3, -0.25) is 0 Å². The fraction of sp³-hybridized carbons (Fsp3) is 0. The Morgan fingerprint density at radius 1 is 0.941 bits per heavy atom. The third-order valence-electron chi connectivity index (χ3n) is 2.52. The second kappa shape index (κ2) is 4.17. The van der Waals surface area contributed by atoms with Crippen LogP contribution in [0.1, 0.15) is 5.56 Å². The largest absolute Gasteiger partial charge is 0.208 e. The highest BCUT2D eigenvalue weighted by Crippen LogP contribution is 2.14. The number of fused-ring (bicyclic) bond motifs is 1. The second-order valence-corrected chi connectivity index (χ2v) is 3.69. The van der Waals surface area contributed by atoms with Crippen LogP contribution in [0.5, 0.6) is 0 Å². The van der Waals surface area contributed by atoms with E-state index in [1.807, 2.05) is 18.2 Å². The number of hydrogen-bond acceptors (Lipinski definition) is 3. The predicted molar refractivity (Wildman–Crippen MR) is 67.0 cm³/mol. The van der Waals surface area contributed by atoms with E-state index in [0.717, 1.165) is 5.56 Å². The summed E-state index contributed by atoms with van der Waals surface area (Å²) in [5, 5.41) is 14.0. The van der Waals surface area contributed by atoms with E-state index in [4.69, 9.17) is 0 Å². The molecule has 82 valence electrons. The van der Waals surface area contributed by atoms with Crippen molar-refractivity contribution in [3.05, 3.63) is 60.7 Å². The van der Waals surface area contributed by atoms with Crippen LogP contribution in [-0.4, -0.2) is 21.1 Å². The monoisotopic (exact) mass is 222 g/mol. The van der Waals surface area contributed by atoms with Gasteiger partial charge in [-0.25, -0.2) is 4.68 Å². The van der Waals surface area contributed by atoms with Crippen LogP contribution >= 0.6 is 0 Å². The standard InChI is InChI=1S/C13H10N4/c1-2-4-13-7-11(5-6-12(13)3-1)8-16-17-9-14-15-10-17/h1-10H/b16-8+. The molecule has 3 rings (SSSR count). The maximum Gasteiger partial charge on any atom is 0.141 e. The Morgan fingerprint density at radius 2 is 1.71 bits per heavy atom. The number of hydrogen-bond donors (Lipinski definition) is 0. The van der Waals surface area contributed by atoms with Gasteiger partial charge in [-0.15, -0.1) is 10.2 Å². The lowest BCUT2D eigenvalue weighted by Gasteiger charge is -1.98. The maximum absolute atomic E-state index is 4.21. The van der Waals surface area contributed by atoms with Gasteiger partial charge in [0.1, 0.15) is 12.7 Å². The minimum absolute atomic E-state index is 1.05. The Bertz CT molecular complexity index is 656. The summed E-state index contributed by atoms with van der Waals surface area (Å²) in [6, 6.07) is 14.5. The average Bonchev–Trinajstić information content (AvgIpc) is 2.89. The molecular weight excluding hydrogens is 212 g/mol. The summed E-state index contributed by atoms with van der Waals surface area (Å²) in [7, 11) is 0. The van der Waals surface area contributed by atoms with Gasteiger partial charge in [0.15, 0.2) is 0 Å². The van der Waals surface area contributed by atoms with Gasteiger partial charge in [0.2, 0.25) is 0 Å². The van der Waals surface area contributed by atoms with Crippen LogP contribution in [0.25, 0.3) is 10.8 Å². The summed E-state index contributed by atoms with van der Waals surface area (Å²) < 4.78 is 1.56. The van der Waals surface area contributed by atoms with Crippen molar-refractivity contribution in [2.75, 3.05) is 0 Å². The summed E-state index contributed by atoms with van der Waals surface area (Å²) in [5.41, 5.74) is 1.05. The zero-order valence-electron chi connectivity index (χ0n) is 9.06. The van der Waals surface area contributed by atoms with Gasteiger partial charge in [0.25, 0.3) is 0 Å². The summed E-state index contributed by atoms with van der Waals surface area (Å²) in [6.45, 7) is 0. The number of nitrogens with zero attached hydrogens (tertiary/aromatic N) is 4. The van der Waals surface area contributed by atoms with Gasteiger partial charge in [-0.1, -0.05) is 36.4 Å². The molecule has 0 aliphatic heterocycles. The molecule has 0 amide bonds. The molecule has 0 N–H and O–H groups in total. The highest BCUT2D eigenvalue weighted by Gasteiger charge is 1.93. The van der Waals surface area contributed by atoms with Crippen LogP contribution in [0.3, 0.4) is 0 Å². The van der Waals surface area contributed by atoms with E-state index in [1.54, 1.807) is 23.5 Å². The third kappa shape index (κ3) is 2.06. The topological polar surface area (TPSA) is 43.1 Å². The Balaban J connectivity index is 1.96. The molecule has 0 radical (unpaired) electrons. The lowest BCUT2D eigenvalue weighted by atomic mass is 10.1. The molecule has 2 aromatic carbocycles. The maximum atomic E-state index is 4.21. The van der Waals surface area contributed by atoms with Crippen LogP contribution in [0.4, 0.5) is 0 Å². The molecule has 1 heterocycles. The van der Waals surface area contributed by atoms with Gasteiger partial charge in [0, 0.05) is 0 Å². The molecule has 0 atom stereocenters. The fourth-order valence-electron chi connectivity index (χ4n) is 1.68. The van der Waals surface area contributed by atoms with Gasteiger partial charge in [-0.2, -0.15) is 5.10 Å². The first-order valence-corrected chi connectivity index (χ1v) is 5.30. The van der Waals surface area contributed by atoms with Crippen molar-refractivity contribution < 1.29 is 0 Å². The van der Waals surface area contributed by atoms with Crippen LogP contribution in [0.2, 0.25) is 0 Å². The van der Waals surface area contributed by atoms with Crippen LogP contribution in [-0.2, 0) is 0 Å². The molecule has 0 fully saturated rings. The van der Waals surface area contributed by atoms with Gasteiger partial charge in [-0.05, 0) is 22.4 Å². The number of rotatable bonds is 2. The Hall–Kier alpha value is -2.49. The quantitative estimate of drug-likeness (QED) is 0.624. The summed E-state index contributed by atoms with van der Waals surface area (Å²) in [5.74, 6) is 0. The zero-order valence-corrected chi connectivity index (χ0v) is 9.06. The van der Waals surface area contributed by atoms with Crippen LogP contribution in [0.15, 0.2) is 60.2 Å². The second-order valence-electron chi connectivity index (χ2n) is 3.69. The van der Waals surface area contributed by atoms with Gasteiger partial charge >= 0.3 is 0 Å². The van der Waals surface area contributed by atoms with Crippen molar-refractivity contribution in [3.63, 3.8) is 0 Å². The van der Waals surface area contributed by atoms with Crippen LogP contribution < -0.4 is 0 Å². The van der Waals surface area contributed by atoms with Crippen LogP contribution in [0, 0.1) is 0 Å². The van der Waals surface area contributed by atoms with Crippen molar-refractivity contribution in [2.24, 2.45) is 5.10 Å². The van der Waals surface area contributed by atoms with Crippen molar-refractivity contribution in [2.45, 2.75) is 0 Å². The minimum Gasteiger partial charge on any atom is -0.208 e. The van der Waals surface area contributed by atoms with Crippen molar-refractivity contribution in [1.29, 1.82) is 0 Å². The highest BCUT2D eigenvalue weighted by atomic mass is 15.4. The molecule has 0 bridgehead atoms. The average molecular weight is 222 g/mol. The Morgan fingerprint density at radius 3 is 2.53 bits per heavy atom. The van der Waals surface area contributed by atoms with E-state index in [-0.39, 0.29) is 0 Å². The Kier molecular flexibility index (Phi) is 2.38. The molecule has 4 nitrogen and oxygen atoms in total. The van der Waals surface area contributed by atoms with E-state index in [1.165, 1.54) is 10.8 Å². The zero-order chi connectivity index (χ0) is 11.5. The molecule has 0 saturated heterocycles. The normalized spacial score (nSPS) is 11.3. The lowest BCUT2D eigenvalue weighted by Crippen LogP contribution is -1.87. The number of benzene rings is 2. The molecule has 17 heavy (non-hydrogen) atoms. The molecule has 0 saturated carbocycles. The first-order chi connectivity index (χ1) is 8.42. The fourth-order valence-corrected chi connectivity index (χ4v) is 1.68. The number of aromatic nitrogens is 3. The molecule has 0 unspecified atom stereocenters. The molecular formula is C13H10N4. The first kappa shape index (κ1) is 9.72. The molecule has 0 spiro atoms. The van der Waals surface area contributed by atoms with E-state index in [0.29, 0.717) is 0 Å². The molecule has 0 aliphatic carbocycles. The van der Waals surface area contributed by atoms with Crippen molar-refractivity contribution in [3.8, 4) is 0 Å². The summed E-state index contributed by atoms with van der Waals surface area (Å²) in [6.07, 6.45) is 4.89. The van der Waals surface area contributed by atoms with E-state index in [9.17, 15) is 0 Å². The molecule has 0 aliphatic rings.